The number of hydrogen-bond acceptors (Lipinski definition) is 3. The van der Waals surface area contributed by atoms with E-state index in [2.05, 4.69) is 17.6 Å². The normalized spacial score (nSPS) is 17.4. The van der Waals surface area contributed by atoms with Crippen LogP contribution in [-0.4, -0.2) is 30.8 Å². The molecular formula is C16H32N2O2. The van der Waals surface area contributed by atoms with Gasteiger partial charge in [0, 0.05) is 12.6 Å². The molecule has 0 saturated heterocycles. The number of carbonyl (C=O) groups excluding carboxylic acids is 1. The Balaban J connectivity index is 2.25. The molecule has 4 nitrogen and oxygen atoms in total. The Kier molecular flexibility index (Phi) is 7.35. The number of alkyl carbamates (subject to hydrolysis) is 1. The van der Waals surface area contributed by atoms with E-state index in [9.17, 15) is 4.79 Å². The molecule has 0 spiro atoms. The predicted octanol–water partition coefficient (Wildman–Crippen LogP) is 3.46. The van der Waals surface area contributed by atoms with Gasteiger partial charge in [-0.3, -0.25) is 0 Å². The first-order valence-electron chi connectivity index (χ1n) is 8.11. The maximum atomic E-state index is 11.7. The van der Waals surface area contributed by atoms with Crippen LogP contribution in [0.1, 0.15) is 66.2 Å². The molecule has 0 aromatic carbocycles. The van der Waals surface area contributed by atoms with Crippen LogP contribution >= 0.6 is 0 Å². The second-order valence-electron chi connectivity index (χ2n) is 6.93. The summed E-state index contributed by atoms with van der Waals surface area (Å²) in [6.07, 6.45) is 7.26. The van der Waals surface area contributed by atoms with Gasteiger partial charge in [0.25, 0.3) is 0 Å². The molecule has 0 bridgehead atoms. The second kappa shape index (κ2) is 8.50. The van der Waals surface area contributed by atoms with Gasteiger partial charge in [-0.25, -0.2) is 4.79 Å². The summed E-state index contributed by atoms with van der Waals surface area (Å²) in [6.45, 7) is 9.60. The van der Waals surface area contributed by atoms with E-state index in [0.717, 1.165) is 18.9 Å². The van der Waals surface area contributed by atoms with Gasteiger partial charge in [-0.2, -0.15) is 0 Å². The maximum absolute atomic E-state index is 11.7. The van der Waals surface area contributed by atoms with Crippen molar-refractivity contribution in [3.05, 3.63) is 0 Å². The highest BCUT2D eigenvalue weighted by Gasteiger charge is 2.20. The number of unbranched alkanes of at least 4 members (excludes halogenated alkanes) is 1. The predicted molar refractivity (Wildman–Crippen MR) is 82.9 cm³/mol. The molecule has 0 radical (unpaired) electrons. The van der Waals surface area contributed by atoms with Crippen LogP contribution in [0.5, 0.6) is 0 Å². The first-order chi connectivity index (χ1) is 9.40. The van der Waals surface area contributed by atoms with Gasteiger partial charge in [-0.15, -0.1) is 0 Å². The molecule has 1 aliphatic rings. The third-order valence-corrected chi connectivity index (χ3v) is 3.72. The fourth-order valence-corrected chi connectivity index (χ4v) is 2.28. The van der Waals surface area contributed by atoms with Gasteiger partial charge in [0.1, 0.15) is 5.60 Å². The molecule has 118 valence electrons. The van der Waals surface area contributed by atoms with Crippen LogP contribution in [0.25, 0.3) is 0 Å². The lowest BCUT2D eigenvalue weighted by molar-refractivity contribution is 0.0521. The third kappa shape index (κ3) is 7.73. The van der Waals surface area contributed by atoms with Crippen molar-refractivity contribution in [3.8, 4) is 0 Å². The highest BCUT2D eigenvalue weighted by Crippen LogP contribution is 2.25. The summed E-state index contributed by atoms with van der Waals surface area (Å²) >= 11 is 0. The highest BCUT2D eigenvalue weighted by molar-refractivity contribution is 5.67. The maximum Gasteiger partial charge on any atom is 0.407 e. The van der Waals surface area contributed by atoms with Crippen molar-refractivity contribution in [2.45, 2.75) is 77.9 Å². The fraction of sp³-hybridized carbons (Fsp3) is 0.938. The molecule has 1 fully saturated rings. The van der Waals surface area contributed by atoms with E-state index < -0.39 is 5.60 Å². The molecule has 0 aliphatic heterocycles. The Morgan fingerprint density at radius 1 is 1.35 bits per heavy atom. The number of carbonyl (C=O) groups is 1. The summed E-state index contributed by atoms with van der Waals surface area (Å²) < 4.78 is 5.27. The van der Waals surface area contributed by atoms with Gasteiger partial charge in [0.2, 0.25) is 0 Å². The summed E-state index contributed by atoms with van der Waals surface area (Å²) in [5.41, 5.74) is -0.428. The quantitative estimate of drug-likeness (QED) is 0.717. The molecule has 0 heterocycles. The molecule has 1 atom stereocenters. The summed E-state index contributed by atoms with van der Waals surface area (Å²) in [5.74, 6) is 0.848. The summed E-state index contributed by atoms with van der Waals surface area (Å²) in [4.78, 5) is 11.7. The Morgan fingerprint density at radius 3 is 2.55 bits per heavy atom. The molecule has 1 amide bonds. The molecule has 1 aliphatic carbocycles. The van der Waals surface area contributed by atoms with Crippen LogP contribution in [0.4, 0.5) is 4.79 Å². The van der Waals surface area contributed by atoms with Gasteiger partial charge >= 0.3 is 6.09 Å². The van der Waals surface area contributed by atoms with E-state index in [4.69, 9.17) is 4.74 Å². The van der Waals surface area contributed by atoms with Gasteiger partial charge in [0.15, 0.2) is 0 Å². The van der Waals surface area contributed by atoms with Crippen molar-refractivity contribution in [1.29, 1.82) is 0 Å². The van der Waals surface area contributed by atoms with Crippen molar-refractivity contribution in [2.24, 2.45) is 5.92 Å². The van der Waals surface area contributed by atoms with Crippen LogP contribution in [-0.2, 0) is 4.74 Å². The average molecular weight is 284 g/mol. The standard InChI is InChI=1S/C16H32N2O2/c1-5-6-10-14(17-11-13-8-7-9-13)12-18-15(19)20-16(2,3)4/h13-14,17H,5-12H2,1-4H3,(H,18,19). The van der Waals surface area contributed by atoms with E-state index in [1.165, 1.54) is 32.1 Å². The Hall–Kier alpha value is -0.770. The minimum absolute atomic E-state index is 0.315. The summed E-state index contributed by atoms with van der Waals surface area (Å²) in [7, 11) is 0. The Morgan fingerprint density at radius 2 is 2.05 bits per heavy atom. The van der Waals surface area contributed by atoms with Crippen molar-refractivity contribution < 1.29 is 9.53 Å². The van der Waals surface area contributed by atoms with Crippen LogP contribution in [0, 0.1) is 5.92 Å². The third-order valence-electron chi connectivity index (χ3n) is 3.72. The zero-order valence-electron chi connectivity index (χ0n) is 13.6. The first kappa shape index (κ1) is 17.3. The number of nitrogens with one attached hydrogen (secondary N) is 2. The lowest BCUT2D eigenvalue weighted by Crippen LogP contribution is -2.44. The van der Waals surface area contributed by atoms with Crippen LogP contribution in [0.3, 0.4) is 0 Å². The zero-order valence-corrected chi connectivity index (χ0v) is 13.6. The largest absolute Gasteiger partial charge is 0.444 e. The van der Waals surface area contributed by atoms with Crippen molar-refractivity contribution in [3.63, 3.8) is 0 Å². The van der Waals surface area contributed by atoms with Gasteiger partial charge in [0.05, 0.1) is 0 Å². The van der Waals surface area contributed by atoms with Crippen LogP contribution < -0.4 is 10.6 Å². The Labute approximate surface area is 124 Å². The Bertz CT molecular complexity index is 283. The summed E-state index contributed by atoms with van der Waals surface area (Å²) in [6, 6.07) is 0.364. The number of rotatable bonds is 8. The molecule has 1 rings (SSSR count). The van der Waals surface area contributed by atoms with Gasteiger partial charge in [-0.05, 0) is 52.5 Å². The number of hydrogen-bond donors (Lipinski definition) is 2. The van der Waals surface area contributed by atoms with Crippen LogP contribution in [0.15, 0.2) is 0 Å². The van der Waals surface area contributed by atoms with Crippen molar-refractivity contribution in [2.75, 3.05) is 13.1 Å². The molecule has 4 heteroatoms. The molecule has 2 N–H and O–H groups in total. The highest BCUT2D eigenvalue weighted by atomic mass is 16.6. The first-order valence-corrected chi connectivity index (χ1v) is 8.11. The lowest BCUT2D eigenvalue weighted by atomic mass is 9.85. The second-order valence-corrected chi connectivity index (χ2v) is 6.93. The van der Waals surface area contributed by atoms with E-state index in [0.29, 0.717) is 12.6 Å². The summed E-state index contributed by atoms with van der Waals surface area (Å²) in [5, 5.41) is 6.49. The average Bonchev–Trinajstić information content (AvgIpc) is 2.27. The van der Waals surface area contributed by atoms with Crippen molar-refractivity contribution >= 4 is 6.09 Å². The topological polar surface area (TPSA) is 50.4 Å². The smallest absolute Gasteiger partial charge is 0.407 e. The van der Waals surface area contributed by atoms with E-state index in [1.807, 2.05) is 20.8 Å². The molecule has 0 aromatic rings. The van der Waals surface area contributed by atoms with Gasteiger partial charge < -0.3 is 15.4 Å². The number of ether oxygens (including phenoxy) is 1. The van der Waals surface area contributed by atoms with Crippen molar-refractivity contribution in [1.82, 2.24) is 10.6 Å². The molecule has 20 heavy (non-hydrogen) atoms. The van der Waals surface area contributed by atoms with Gasteiger partial charge in [-0.1, -0.05) is 26.2 Å². The molecule has 0 aromatic heterocycles. The van der Waals surface area contributed by atoms with E-state index in [1.54, 1.807) is 0 Å². The van der Waals surface area contributed by atoms with E-state index >= 15 is 0 Å². The SMILES string of the molecule is CCCCC(CNC(=O)OC(C)(C)C)NCC1CCC1. The lowest BCUT2D eigenvalue weighted by Gasteiger charge is -2.29. The number of amides is 1. The van der Waals surface area contributed by atoms with Crippen LogP contribution in [0.2, 0.25) is 0 Å². The minimum Gasteiger partial charge on any atom is -0.444 e. The zero-order chi connectivity index (χ0) is 15.0. The monoisotopic (exact) mass is 284 g/mol. The van der Waals surface area contributed by atoms with E-state index in [-0.39, 0.29) is 6.09 Å². The molecule has 1 unspecified atom stereocenters. The molecular weight excluding hydrogens is 252 g/mol. The minimum atomic E-state index is -0.428. The molecule has 1 saturated carbocycles. The fourth-order valence-electron chi connectivity index (χ4n) is 2.28.